The quantitative estimate of drug-likeness (QED) is 0.830. The highest BCUT2D eigenvalue weighted by Gasteiger charge is 2.27. The first kappa shape index (κ1) is 17.9. The van der Waals surface area contributed by atoms with Gasteiger partial charge in [0.05, 0.1) is 13.2 Å². The van der Waals surface area contributed by atoms with Gasteiger partial charge < -0.3 is 15.0 Å². The average Bonchev–Trinajstić information content (AvgIpc) is 3.35. The zero-order valence-electron chi connectivity index (χ0n) is 15.2. The molecular formula is C17H28N6O2S. The van der Waals surface area contributed by atoms with E-state index in [-0.39, 0.29) is 6.03 Å². The summed E-state index contributed by atoms with van der Waals surface area (Å²) in [6.45, 7) is 5.79. The van der Waals surface area contributed by atoms with E-state index in [4.69, 9.17) is 4.74 Å². The Kier molecular flexibility index (Phi) is 5.86. The molecule has 0 bridgehead atoms. The topological polar surface area (TPSA) is 82.6 Å². The molecule has 0 atom stereocenters. The number of amides is 2. The number of carbonyl (C=O) groups excluding carboxylic acids is 1. The highest BCUT2D eigenvalue weighted by atomic mass is 32.1. The summed E-state index contributed by atoms with van der Waals surface area (Å²) in [5.74, 6) is 0. The number of anilines is 2. The molecule has 3 fully saturated rings. The van der Waals surface area contributed by atoms with E-state index in [1.165, 1.54) is 24.2 Å². The van der Waals surface area contributed by atoms with Gasteiger partial charge in [-0.2, -0.15) is 0 Å². The Labute approximate surface area is 158 Å². The molecule has 3 heterocycles. The molecule has 1 saturated carbocycles. The van der Waals surface area contributed by atoms with Crippen LogP contribution >= 0.6 is 11.3 Å². The molecule has 0 aromatic carbocycles. The molecule has 2 aliphatic heterocycles. The molecular weight excluding hydrogens is 352 g/mol. The number of rotatable bonds is 4. The largest absolute Gasteiger partial charge is 0.379 e. The molecule has 2 N–H and O–H groups in total. The molecule has 26 heavy (non-hydrogen) atoms. The second-order valence-corrected chi connectivity index (χ2v) is 8.29. The van der Waals surface area contributed by atoms with Gasteiger partial charge >= 0.3 is 6.03 Å². The van der Waals surface area contributed by atoms with Crippen LogP contribution in [0.1, 0.15) is 38.5 Å². The Morgan fingerprint density at radius 3 is 2.50 bits per heavy atom. The van der Waals surface area contributed by atoms with Gasteiger partial charge in [0.25, 0.3) is 0 Å². The number of morpholine rings is 1. The van der Waals surface area contributed by atoms with Gasteiger partial charge in [-0.25, -0.2) is 4.79 Å². The van der Waals surface area contributed by atoms with Crippen molar-refractivity contribution >= 4 is 27.6 Å². The maximum atomic E-state index is 12.1. The maximum Gasteiger partial charge on any atom is 0.321 e. The lowest BCUT2D eigenvalue weighted by atomic mass is 10.0. The van der Waals surface area contributed by atoms with Crippen LogP contribution in [0.5, 0.6) is 0 Å². The molecule has 0 unspecified atom stereocenters. The minimum atomic E-state index is -0.161. The van der Waals surface area contributed by atoms with Crippen molar-refractivity contribution in [3.05, 3.63) is 0 Å². The number of nitrogens with one attached hydrogen (secondary N) is 2. The predicted molar refractivity (Wildman–Crippen MR) is 102 cm³/mol. The third kappa shape index (κ3) is 4.44. The molecule has 1 aliphatic carbocycles. The summed E-state index contributed by atoms with van der Waals surface area (Å²) in [5, 5.41) is 15.8. The van der Waals surface area contributed by atoms with E-state index in [2.05, 4.69) is 30.6 Å². The standard InChI is InChI=1S/C17H28N6O2S/c24-15(18-13-3-1-2-4-13)19-16-20-21-17(26-16)23-7-5-14(6-8-23)22-9-11-25-12-10-22/h13-14H,1-12H2,(H2,18,19,20,24). The smallest absolute Gasteiger partial charge is 0.321 e. The summed E-state index contributed by atoms with van der Waals surface area (Å²) in [6, 6.07) is 0.796. The van der Waals surface area contributed by atoms with Gasteiger partial charge in [0.2, 0.25) is 10.3 Å². The lowest BCUT2D eigenvalue weighted by molar-refractivity contribution is 0.0115. The molecule has 8 nitrogen and oxygen atoms in total. The molecule has 2 amide bonds. The number of hydrogen-bond donors (Lipinski definition) is 2. The zero-order valence-corrected chi connectivity index (χ0v) is 16.0. The Morgan fingerprint density at radius 1 is 1.04 bits per heavy atom. The first-order valence-electron chi connectivity index (χ1n) is 9.76. The van der Waals surface area contributed by atoms with Gasteiger partial charge in [0.1, 0.15) is 0 Å². The van der Waals surface area contributed by atoms with E-state index < -0.39 is 0 Å². The van der Waals surface area contributed by atoms with Crippen LogP contribution in [0, 0.1) is 0 Å². The van der Waals surface area contributed by atoms with Gasteiger partial charge in [-0.15, -0.1) is 10.2 Å². The van der Waals surface area contributed by atoms with Crippen LogP contribution in [0.25, 0.3) is 0 Å². The number of aromatic nitrogens is 2. The van der Waals surface area contributed by atoms with Crippen molar-refractivity contribution in [2.75, 3.05) is 49.6 Å². The number of carbonyl (C=O) groups is 1. The monoisotopic (exact) mass is 380 g/mol. The zero-order chi connectivity index (χ0) is 17.8. The number of urea groups is 1. The summed E-state index contributed by atoms with van der Waals surface area (Å²) in [6.07, 6.45) is 6.84. The normalized spacial score (nSPS) is 23.3. The van der Waals surface area contributed by atoms with Gasteiger partial charge in [-0.05, 0) is 25.7 Å². The van der Waals surface area contributed by atoms with E-state index in [1.54, 1.807) is 0 Å². The average molecular weight is 381 g/mol. The summed E-state index contributed by atoms with van der Waals surface area (Å²) in [5.41, 5.74) is 0. The van der Waals surface area contributed by atoms with Crippen molar-refractivity contribution in [2.45, 2.75) is 50.6 Å². The summed E-state index contributed by atoms with van der Waals surface area (Å²) in [7, 11) is 0. The van der Waals surface area contributed by atoms with Gasteiger partial charge in [0.15, 0.2) is 0 Å². The molecule has 1 aromatic heterocycles. The van der Waals surface area contributed by atoms with Crippen LogP contribution in [0.3, 0.4) is 0 Å². The van der Waals surface area contributed by atoms with Crippen molar-refractivity contribution in [1.82, 2.24) is 20.4 Å². The second-order valence-electron chi connectivity index (χ2n) is 7.34. The van der Waals surface area contributed by atoms with Gasteiger partial charge in [-0.3, -0.25) is 10.2 Å². The minimum Gasteiger partial charge on any atom is -0.379 e. The lowest BCUT2D eigenvalue weighted by Gasteiger charge is -2.39. The van der Waals surface area contributed by atoms with Crippen molar-refractivity contribution in [1.29, 1.82) is 0 Å². The Morgan fingerprint density at radius 2 is 1.77 bits per heavy atom. The lowest BCUT2D eigenvalue weighted by Crippen LogP contribution is -2.49. The van der Waals surface area contributed by atoms with E-state index >= 15 is 0 Å². The van der Waals surface area contributed by atoms with Gasteiger partial charge in [0, 0.05) is 38.3 Å². The number of ether oxygens (including phenoxy) is 1. The SMILES string of the molecule is O=C(Nc1nnc(N2CCC(N3CCOCC3)CC2)s1)NC1CCCC1. The Balaban J connectivity index is 1.25. The van der Waals surface area contributed by atoms with Gasteiger partial charge in [-0.1, -0.05) is 24.2 Å². The van der Waals surface area contributed by atoms with Crippen molar-refractivity contribution in [3.8, 4) is 0 Å². The highest BCUT2D eigenvalue weighted by Crippen LogP contribution is 2.28. The molecule has 1 aromatic rings. The van der Waals surface area contributed by atoms with E-state index in [1.807, 2.05) is 0 Å². The molecule has 9 heteroatoms. The first-order valence-corrected chi connectivity index (χ1v) is 10.6. The summed E-state index contributed by atoms with van der Waals surface area (Å²) >= 11 is 1.46. The van der Waals surface area contributed by atoms with Crippen molar-refractivity contribution in [3.63, 3.8) is 0 Å². The molecule has 0 radical (unpaired) electrons. The first-order chi connectivity index (χ1) is 12.8. The second kappa shape index (κ2) is 8.49. The molecule has 2 saturated heterocycles. The number of piperidine rings is 1. The Hall–Kier alpha value is -1.45. The Bertz CT molecular complexity index is 592. The van der Waals surface area contributed by atoms with Crippen LogP contribution < -0.4 is 15.5 Å². The van der Waals surface area contributed by atoms with Crippen LogP contribution in [0.15, 0.2) is 0 Å². The van der Waals surface area contributed by atoms with Crippen LogP contribution in [-0.4, -0.2) is 72.6 Å². The van der Waals surface area contributed by atoms with E-state index in [0.717, 1.165) is 70.2 Å². The fourth-order valence-corrected chi connectivity index (χ4v) is 4.94. The minimum absolute atomic E-state index is 0.161. The summed E-state index contributed by atoms with van der Waals surface area (Å²) < 4.78 is 5.45. The van der Waals surface area contributed by atoms with Crippen LogP contribution in [0.4, 0.5) is 15.1 Å². The fraction of sp³-hybridized carbons (Fsp3) is 0.824. The molecule has 3 aliphatic rings. The molecule has 4 rings (SSSR count). The van der Waals surface area contributed by atoms with E-state index in [0.29, 0.717) is 17.2 Å². The third-order valence-electron chi connectivity index (χ3n) is 5.62. The third-order valence-corrected chi connectivity index (χ3v) is 6.52. The molecule has 0 spiro atoms. The summed E-state index contributed by atoms with van der Waals surface area (Å²) in [4.78, 5) is 16.9. The fourth-order valence-electron chi connectivity index (χ4n) is 4.15. The number of nitrogens with zero attached hydrogens (tertiary/aromatic N) is 4. The van der Waals surface area contributed by atoms with Crippen molar-refractivity contribution < 1.29 is 9.53 Å². The highest BCUT2D eigenvalue weighted by molar-refractivity contribution is 7.19. The predicted octanol–water partition coefficient (Wildman–Crippen LogP) is 1.90. The number of hydrogen-bond acceptors (Lipinski definition) is 7. The van der Waals surface area contributed by atoms with Crippen LogP contribution in [-0.2, 0) is 4.74 Å². The maximum absolute atomic E-state index is 12.1. The van der Waals surface area contributed by atoms with Crippen molar-refractivity contribution in [2.24, 2.45) is 0 Å². The van der Waals surface area contributed by atoms with Crippen LogP contribution in [0.2, 0.25) is 0 Å². The molecule has 144 valence electrons. The van der Waals surface area contributed by atoms with E-state index in [9.17, 15) is 4.79 Å².